The number of aromatic nitrogens is 1. The Hall–Kier alpha value is -2.67. The number of rotatable bonds is 4. The van der Waals surface area contributed by atoms with Crippen LogP contribution in [-0.4, -0.2) is 35.5 Å². The highest BCUT2D eigenvalue weighted by Crippen LogP contribution is 2.36. The highest BCUT2D eigenvalue weighted by atomic mass is 32.1. The van der Waals surface area contributed by atoms with Gasteiger partial charge in [-0.05, 0) is 37.1 Å². The van der Waals surface area contributed by atoms with E-state index < -0.39 is 0 Å². The molecule has 1 saturated heterocycles. The summed E-state index contributed by atoms with van der Waals surface area (Å²) in [6.07, 6.45) is 2.10. The number of nitrogens with one attached hydrogen (secondary N) is 1. The topological polar surface area (TPSA) is 75.4 Å². The Labute approximate surface area is 154 Å². The van der Waals surface area contributed by atoms with Crippen molar-refractivity contribution in [3.05, 3.63) is 51.8 Å². The Bertz CT molecular complexity index is 962. The van der Waals surface area contributed by atoms with E-state index in [1.807, 2.05) is 41.3 Å². The monoisotopic (exact) mass is 369 g/mol. The number of amides is 2. The maximum atomic E-state index is 12.9. The molecule has 7 heteroatoms. The number of carbonyl (C=O) groups excluding carboxylic acids is 2. The molecule has 2 aromatic heterocycles. The molecule has 26 heavy (non-hydrogen) atoms. The fraction of sp³-hybridized carbons (Fsp3) is 0.316. The Balaban J connectivity index is 1.53. The summed E-state index contributed by atoms with van der Waals surface area (Å²) in [5, 5.41) is 7.59. The standard InChI is InChI=1S/C19H19N3O3S/c1-20-19(24)17-9-8-16(26-17)14-6-4-10-22(14)18(23)11-13-12-5-2-3-7-15(12)25-21-13/h2-3,5,7-9,14H,4,6,10-11H2,1H3,(H,20,24)/t14-/m0/s1. The molecule has 3 aromatic rings. The minimum atomic E-state index is -0.0915. The summed E-state index contributed by atoms with van der Waals surface area (Å²) < 4.78 is 5.30. The molecule has 134 valence electrons. The van der Waals surface area contributed by atoms with Crippen molar-refractivity contribution in [2.75, 3.05) is 13.6 Å². The number of hydrogen-bond acceptors (Lipinski definition) is 5. The van der Waals surface area contributed by atoms with Gasteiger partial charge in [-0.3, -0.25) is 9.59 Å². The van der Waals surface area contributed by atoms with Crippen LogP contribution in [0.5, 0.6) is 0 Å². The molecular weight excluding hydrogens is 350 g/mol. The average molecular weight is 369 g/mol. The number of thiophene rings is 1. The van der Waals surface area contributed by atoms with Crippen LogP contribution in [-0.2, 0) is 11.2 Å². The van der Waals surface area contributed by atoms with Gasteiger partial charge in [0.05, 0.1) is 17.3 Å². The summed E-state index contributed by atoms with van der Waals surface area (Å²) >= 11 is 1.45. The lowest BCUT2D eigenvalue weighted by molar-refractivity contribution is -0.131. The zero-order chi connectivity index (χ0) is 18.1. The fourth-order valence-corrected chi connectivity index (χ4v) is 4.55. The van der Waals surface area contributed by atoms with Crippen LogP contribution in [0.4, 0.5) is 0 Å². The average Bonchev–Trinajstić information content (AvgIpc) is 3.40. The predicted octanol–water partition coefficient (Wildman–Crippen LogP) is 3.16. The lowest BCUT2D eigenvalue weighted by Crippen LogP contribution is -2.31. The molecule has 1 atom stereocenters. The predicted molar refractivity (Wildman–Crippen MR) is 99.1 cm³/mol. The SMILES string of the molecule is CNC(=O)c1ccc([C@@H]2CCCN2C(=O)Cc2noc3ccccc23)s1. The molecule has 0 unspecified atom stereocenters. The zero-order valence-corrected chi connectivity index (χ0v) is 15.2. The number of carbonyl (C=O) groups is 2. The molecule has 0 spiro atoms. The number of hydrogen-bond donors (Lipinski definition) is 1. The van der Waals surface area contributed by atoms with Crippen molar-refractivity contribution in [1.82, 2.24) is 15.4 Å². The molecule has 1 N–H and O–H groups in total. The Morgan fingerprint density at radius 1 is 1.31 bits per heavy atom. The number of nitrogens with zero attached hydrogens (tertiary/aromatic N) is 2. The molecule has 0 bridgehead atoms. The molecule has 1 aliphatic heterocycles. The summed E-state index contributed by atoms with van der Waals surface area (Å²) in [5.74, 6) is -0.0485. The van der Waals surface area contributed by atoms with Gasteiger partial charge in [0, 0.05) is 23.9 Å². The van der Waals surface area contributed by atoms with Gasteiger partial charge in [0.2, 0.25) is 5.91 Å². The van der Waals surface area contributed by atoms with Gasteiger partial charge < -0.3 is 14.7 Å². The van der Waals surface area contributed by atoms with Gasteiger partial charge in [0.15, 0.2) is 5.58 Å². The van der Waals surface area contributed by atoms with Gasteiger partial charge in [-0.25, -0.2) is 0 Å². The lowest BCUT2D eigenvalue weighted by atomic mass is 10.1. The second kappa shape index (κ2) is 6.92. The van der Waals surface area contributed by atoms with E-state index in [0.29, 0.717) is 16.2 Å². The number of benzene rings is 1. The summed E-state index contributed by atoms with van der Waals surface area (Å²) in [6, 6.07) is 11.4. The zero-order valence-electron chi connectivity index (χ0n) is 14.4. The van der Waals surface area contributed by atoms with Gasteiger partial charge in [-0.2, -0.15) is 0 Å². The van der Waals surface area contributed by atoms with Crippen LogP contribution in [0.15, 0.2) is 40.9 Å². The summed E-state index contributed by atoms with van der Waals surface area (Å²) in [5.41, 5.74) is 1.37. The van der Waals surface area contributed by atoms with E-state index in [2.05, 4.69) is 10.5 Å². The second-order valence-corrected chi connectivity index (χ2v) is 7.44. The highest BCUT2D eigenvalue weighted by molar-refractivity contribution is 7.14. The first-order valence-corrected chi connectivity index (χ1v) is 9.43. The molecule has 4 rings (SSSR count). The highest BCUT2D eigenvalue weighted by Gasteiger charge is 2.32. The van der Waals surface area contributed by atoms with E-state index in [1.54, 1.807) is 7.05 Å². The summed E-state index contributed by atoms with van der Waals surface area (Å²) in [6.45, 7) is 0.729. The molecule has 1 aliphatic rings. The van der Waals surface area contributed by atoms with Crippen LogP contribution in [0, 0.1) is 0 Å². The van der Waals surface area contributed by atoms with Gasteiger partial charge >= 0.3 is 0 Å². The lowest BCUT2D eigenvalue weighted by Gasteiger charge is -2.23. The van der Waals surface area contributed by atoms with Crippen LogP contribution in [0.1, 0.15) is 39.1 Å². The van der Waals surface area contributed by atoms with E-state index in [1.165, 1.54) is 11.3 Å². The van der Waals surface area contributed by atoms with E-state index >= 15 is 0 Å². The van der Waals surface area contributed by atoms with Crippen molar-refractivity contribution < 1.29 is 14.1 Å². The minimum Gasteiger partial charge on any atom is -0.356 e. The van der Waals surface area contributed by atoms with Gasteiger partial charge in [0.25, 0.3) is 5.91 Å². The van der Waals surface area contributed by atoms with Crippen LogP contribution in [0.3, 0.4) is 0 Å². The fourth-order valence-electron chi connectivity index (χ4n) is 3.45. The molecule has 1 aromatic carbocycles. The van der Waals surface area contributed by atoms with E-state index in [4.69, 9.17) is 4.52 Å². The van der Waals surface area contributed by atoms with Gasteiger partial charge in [-0.15, -0.1) is 11.3 Å². The van der Waals surface area contributed by atoms with Crippen molar-refractivity contribution in [3.63, 3.8) is 0 Å². The molecule has 2 amide bonds. The first-order valence-electron chi connectivity index (χ1n) is 8.62. The third-order valence-electron chi connectivity index (χ3n) is 4.75. The van der Waals surface area contributed by atoms with Crippen molar-refractivity contribution in [3.8, 4) is 0 Å². The van der Waals surface area contributed by atoms with Crippen molar-refractivity contribution in [2.45, 2.75) is 25.3 Å². The van der Waals surface area contributed by atoms with Crippen molar-refractivity contribution in [1.29, 1.82) is 0 Å². The third-order valence-corrected chi connectivity index (χ3v) is 5.94. The minimum absolute atomic E-state index is 0.0315. The quantitative estimate of drug-likeness (QED) is 0.766. The van der Waals surface area contributed by atoms with Crippen LogP contribution in [0.2, 0.25) is 0 Å². The van der Waals surface area contributed by atoms with E-state index in [0.717, 1.165) is 29.6 Å². The van der Waals surface area contributed by atoms with Crippen LogP contribution in [0.25, 0.3) is 11.0 Å². The Morgan fingerprint density at radius 2 is 2.15 bits per heavy atom. The van der Waals surface area contributed by atoms with Crippen molar-refractivity contribution in [2.24, 2.45) is 0 Å². The number of fused-ring (bicyclic) bond motifs is 1. The molecule has 1 fully saturated rings. The molecule has 0 aliphatic carbocycles. The number of likely N-dealkylation sites (tertiary alicyclic amines) is 1. The first-order chi connectivity index (χ1) is 12.7. The largest absolute Gasteiger partial charge is 0.356 e. The van der Waals surface area contributed by atoms with Gasteiger partial charge in [-0.1, -0.05) is 17.3 Å². The molecule has 0 saturated carbocycles. The smallest absolute Gasteiger partial charge is 0.261 e. The number of para-hydroxylation sites is 1. The molecule has 0 radical (unpaired) electrons. The Morgan fingerprint density at radius 3 is 3.00 bits per heavy atom. The van der Waals surface area contributed by atoms with Crippen molar-refractivity contribution >= 4 is 34.1 Å². The maximum absolute atomic E-state index is 12.9. The summed E-state index contributed by atoms with van der Waals surface area (Å²) in [7, 11) is 1.62. The normalized spacial score (nSPS) is 17.0. The van der Waals surface area contributed by atoms with Crippen LogP contribution >= 0.6 is 11.3 Å². The van der Waals surface area contributed by atoms with E-state index in [-0.39, 0.29) is 24.3 Å². The van der Waals surface area contributed by atoms with Crippen LogP contribution < -0.4 is 5.32 Å². The maximum Gasteiger partial charge on any atom is 0.261 e. The Kier molecular flexibility index (Phi) is 4.46. The third kappa shape index (κ3) is 2.99. The molecule has 3 heterocycles. The van der Waals surface area contributed by atoms with Gasteiger partial charge in [0.1, 0.15) is 5.69 Å². The first kappa shape index (κ1) is 16.8. The molecular formula is C19H19N3O3S. The molecule has 6 nitrogen and oxygen atoms in total. The van der Waals surface area contributed by atoms with E-state index in [9.17, 15) is 9.59 Å². The second-order valence-electron chi connectivity index (χ2n) is 6.33. The summed E-state index contributed by atoms with van der Waals surface area (Å²) in [4.78, 5) is 28.3.